The van der Waals surface area contributed by atoms with Crippen molar-refractivity contribution >= 4 is 11.8 Å². The van der Waals surface area contributed by atoms with Crippen LogP contribution in [0.4, 0.5) is 4.39 Å². The first-order valence-corrected chi connectivity index (χ1v) is 8.11. The molecule has 2 amide bonds. The molecule has 0 spiro atoms. The molecule has 0 fully saturated rings. The summed E-state index contributed by atoms with van der Waals surface area (Å²) in [5, 5.41) is 0. The molecular formula is C19H21FN2O4. The zero-order chi connectivity index (χ0) is 19.1. The van der Waals surface area contributed by atoms with Gasteiger partial charge in [-0.25, -0.2) is 4.39 Å². The summed E-state index contributed by atoms with van der Waals surface area (Å²) < 4.78 is 24.3. The van der Waals surface area contributed by atoms with Crippen molar-refractivity contribution in [2.45, 2.75) is 33.0 Å². The molecule has 2 N–H and O–H groups in total. The third kappa shape index (κ3) is 5.47. The third-order valence-electron chi connectivity index (χ3n) is 3.49. The molecular weight excluding hydrogens is 339 g/mol. The Morgan fingerprint density at radius 1 is 0.923 bits per heavy atom. The van der Waals surface area contributed by atoms with Crippen molar-refractivity contribution in [1.29, 1.82) is 0 Å². The number of carbonyl (C=O) groups is 2. The number of para-hydroxylation sites is 1. The summed E-state index contributed by atoms with van der Waals surface area (Å²) in [6.45, 7) is 4.92. The number of rotatable bonds is 6. The standard InChI is InChI=1S/C19H21FN2O4/c1-12-7-6-8-15(11-12)25-13(2)18(23)21-22-19(24)14(3)26-17-10-5-4-9-16(17)20/h4-11,13-14H,1-3H3,(H,21,23)(H,22,24). The molecule has 2 aromatic carbocycles. The number of ether oxygens (including phenoxy) is 2. The first-order valence-electron chi connectivity index (χ1n) is 8.11. The lowest BCUT2D eigenvalue weighted by Crippen LogP contribution is -2.50. The number of hydrazine groups is 1. The van der Waals surface area contributed by atoms with Crippen molar-refractivity contribution in [3.8, 4) is 11.5 Å². The van der Waals surface area contributed by atoms with Gasteiger partial charge in [-0.15, -0.1) is 0 Å². The van der Waals surface area contributed by atoms with Gasteiger partial charge in [0.15, 0.2) is 23.8 Å². The maximum absolute atomic E-state index is 13.5. The SMILES string of the molecule is Cc1cccc(OC(C)C(=O)NNC(=O)C(C)Oc2ccccc2F)c1. The van der Waals surface area contributed by atoms with E-state index in [1.807, 2.05) is 19.1 Å². The van der Waals surface area contributed by atoms with E-state index >= 15 is 0 Å². The zero-order valence-electron chi connectivity index (χ0n) is 14.8. The molecule has 0 heterocycles. The fourth-order valence-corrected chi connectivity index (χ4v) is 2.06. The molecule has 2 unspecified atom stereocenters. The van der Waals surface area contributed by atoms with Crippen molar-refractivity contribution in [2.24, 2.45) is 0 Å². The molecule has 0 radical (unpaired) electrons. The molecule has 0 bridgehead atoms. The lowest BCUT2D eigenvalue weighted by atomic mass is 10.2. The van der Waals surface area contributed by atoms with Gasteiger partial charge in [-0.05, 0) is 50.6 Å². The molecule has 0 aliphatic rings. The van der Waals surface area contributed by atoms with Gasteiger partial charge in [-0.3, -0.25) is 20.4 Å². The summed E-state index contributed by atoms with van der Waals surface area (Å²) in [5.74, 6) is -1.22. The van der Waals surface area contributed by atoms with Gasteiger partial charge in [-0.2, -0.15) is 0 Å². The molecule has 0 aromatic heterocycles. The van der Waals surface area contributed by atoms with Crippen molar-refractivity contribution in [2.75, 3.05) is 0 Å². The fourth-order valence-electron chi connectivity index (χ4n) is 2.06. The highest BCUT2D eigenvalue weighted by Crippen LogP contribution is 2.17. The molecule has 7 heteroatoms. The molecule has 2 rings (SSSR count). The van der Waals surface area contributed by atoms with Crippen LogP contribution in [0.2, 0.25) is 0 Å². The van der Waals surface area contributed by atoms with Crippen LogP contribution in [-0.4, -0.2) is 24.0 Å². The molecule has 0 saturated heterocycles. The van der Waals surface area contributed by atoms with Crippen LogP contribution in [0.1, 0.15) is 19.4 Å². The molecule has 0 aliphatic carbocycles. The molecule has 0 aliphatic heterocycles. The number of benzene rings is 2. The molecule has 26 heavy (non-hydrogen) atoms. The number of halogens is 1. The van der Waals surface area contributed by atoms with E-state index in [4.69, 9.17) is 9.47 Å². The van der Waals surface area contributed by atoms with Gasteiger partial charge in [-0.1, -0.05) is 24.3 Å². The number of aryl methyl sites for hydroxylation is 1. The molecule has 2 atom stereocenters. The number of nitrogens with one attached hydrogen (secondary N) is 2. The van der Waals surface area contributed by atoms with E-state index in [0.29, 0.717) is 5.75 Å². The van der Waals surface area contributed by atoms with Crippen molar-refractivity contribution in [3.05, 3.63) is 59.9 Å². The van der Waals surface area contributed by atoms with E-state index in [2.05, 4.69) is 10.9 Å². The summed E-state index contributed by atoms with van der Waals surface area (Å²) >= 11 is 0. The van der Waals surface area contributed by atoms with Gasteiger partial charge >= 0.3 is 0 Å². The largest absolute Gasteiger partial charge is 0.481 e. The highest BCUT2D eigenvalue weighted by Gasteiger charge is 2.19. The normalized spacial score (nSPS) is 12.6. The van der Waals surface area contributed by atoms with Crippen LogP contribution in [0.5, 0.6) is 11.5 Å². The van der Waals surface area contributed by atoms with Crippen LogP contribution in [0, 0.1) is 12.7 Å². The van der Waals surface area contributed by atoms with E-state index in [0.717, 1.165) is 5.56 Å². The highest BCUT2D eigenvalue weighted by molar-refractivity contribution is 5.86. The summed E-state index contributed by atoms with van der Waals surface area (Å²) in [4.78, 5) is 24.0. The van der Waals surface area contributed by atoms with Crippen LogP contribution in [-0.2, 0) is 9.59 Å². The van der Waals surface area contributed by atoms with Crippen LogP contribution in [0.15, 0.2) is 48.5 Å². The minimum Gasteiger partial charge on any atom is -0.481 e. The average Bonchev–Trinajstić information content (AvgIpc) is 2.61. The fraction of sp³-hybridized carbons (Fsp3) is 0.263. The summed E-state index contributed by atoms with van der Waals surface area (Å²) in [6, 6.07) is 13.0. The van der Waals surface area contributed by atoms with Crippen molar-refractivity contribution in [3.63, 3.8) is 0 Å². The van der Waals surface area contributed by atoms with E-state index < -0.39 is 29.8 Å². The predicted molar refractivity (Wildman–Crippen MR) is 94.0 cm³/mol. The van der Waals surface area contributed by atoms with Gasteiger partial charge in [0.2, 0.25) is 0 Å². The van der Waals surface area contributed by atoms with Crippen LogP contribution >= 0.6 is 0 Å². The van der Waals surface area contributed by atoms with Gasteiger partial charge in [0, 0.05) is 0 Å². The summed E-state index contributed by atoms with van der Waals surface area (Å²) in [7, 11) is 0. The smallest absolute Gasteiger partial charge is 0.279 e. The topological polar surface area (TPSA) is 76.7 Å². The Balaban J connectivity index is 1.82. The predicted octanol–water partition coefficient (Wildman–Crippen LogP) is 2.52. The molecule has 6 nitrogen and oxygen atoms in total. The lowest BCUT2D eigenvalue weighted by molar-refractivity contribution is -0.135. The summed E-state index contributed by atoms with van der Waals surface area (Å²) in [5.41, 5.74) is 5.50. The number of hydrogen-bond donors (Lipinski definition) is 2. The average molecular weight is 360 g/mol. The minimum absolute atomic E-state index is 0.0439. The third-order valence-corrected chi connectivity index (χ3v) is 3.49. The van der Waals surface area contributed by atoms with Crippen LogP contribution in [0.25, 0.3) is 0 Å². The van der Waals surface area contributed by atoms with Crippen LogP contribution in [0.3, 0.4) is 0 Å². The maximum atomic E-state index is 13.5. The molecule has 0 saturated carbocycles. The Morgan fingerprint density at radius 2 is 1.54 bits per heavy atom. The van der Waals surface area contributed by atoms with Gasteiger partial charge in [0.1, 0.15) is 5.75 Å². The Morgan fingerprint density at radius 3 is 2.15 bits per heavy atom. The van der Waals surface area contributed by atoms with E-state index in [1.54, 1.807) is 25.1 Å². The Bertz CT molecular complexity index is 782. The quantitative estimate of drug-likeness (QED) is 0.776. The first kappa shape index (κ1) is 19.2. The second-order valence-corrected chi connectivity index (χ2v) is 5.75. The van der Waals surface area contributed by atoms with E-state index in [1.165, 1.54) is 25.1 Å². The van der Waals surface area contributed by atoms with Crippen molar-refractivity contribution in [1.82, 2.24) is 10.9 Å². The molecule has 2 aromatic rings. The maximum Gasteiger partial charge on any atom is 0.279 e. The van der Waals surface area contributed by atoms with Crippen molar-refractivity contribution < 1.29 is 23.5 Å². The first-order chi connectivity index (χ1) is 12.4. The Hall–Kier alpha value is -3.09. The van der Waals surface area contributed by atoms with E-state index in [9.17, 15) is 14.0 Å². The second kappa shape index (κ2) is 8.84. The monoisotopic (exact) mass is 360 g/mol. The highest BCUT2D eigenvalue weighted by atomic mass is 19.1. The Kier molecular flexibility index (Phi) is 6.54. The minimum atomic E-state index is -1.000. The number of amides is 2. The number of hydrogen-bond acceptors (Lipinski definition) is 4. The van der Waals surface area contributed by atoms with E-state index in [-0.39, 0.29) is 5.75 Å². The number of carbonyl (C=O) groups excluding carboxylic acids is 2. The lowest BCUT2D eigenvalue weighted by Gasteiger charge is -2.18. The van der Waals surface area contributed by atoms with Gasteiger partial charge in [0.25, 0.3) is 11.8 Å². The summed E-state index contributed by atoms with van der Waals surface area (Å²) in [6.07, 6.45) is -1.82. The van der Waals surface area contributed by atoms with Gasteiger partial charge < -0.3 is 9.47 Å². The van der Waals surface area contributed by atoms with Crippen LogP contribution < -0.4 is 20.3 Å². The zero-order valence-corrected chi connectivity index (χ0v) is 14.8. The van der Waals surface area contributed by atoms with Gasteiger partial charge in [0.05, 0.1) is 0 Å². The Labute approximate surface area is 151 Å². The molecule has 138 valence electrons. The second-order valence-electron chi connectivity index (χ2n) is 5.75.